The summed E-state index contributed by atoms with van der Waals surface area (Å²) in [4.78, 5) is 11.2. The van der Waals surface area contributed by atoms with E-state index in [9.17, 15) is 14.3 Å². The van der Waals surface area contributed by atoms with Gasteiger partial charge in [0.25, 0.3) is 0 Å². The van der Waals surface area contributed by atoms with Gasteiger partial charge < -0.3 is 9.84 Å². The number of hydrogen-bond donors (Lipinski definition) is 1. The Morgan fingerprint density at radius 2 is 2.11 bits per heavy atom. The van der Waals surface area contributed by atoms with Crippen LogP contribution in [0.25, 0.3) is 0 Å². The monoisotopic (exact) mass is 252 g/mol. The van der Waals surface area contributed by atoms with Crippen LogP contribution in [0, 0.1) is 11.7 Å². The van der Waals surface area contributed by atoms with Crippen LogP contribution < -0.4 is 4.74 Å². The van der Waals surface area contributed by atoms with Gasteiger partial charge in [-0.1, -0.05) is 18.9 Å². The van der Waals surface area contributed by atoms with Crippen molar-refractivity contribution in [3.63, 3.8) is 0 Å². The lowest BCUT2D eigenvalue weighted by atomic mass is 9.75. The van der Waals surface area contributed by atoms with E-state index in [4.69, 9.17) is 4.74 Å². The van der Waals surface area contributed by atoms with Crippen LogP contribution in [-0.2, 0) is 4.79 Å². The summed E-state index contributed by atoms with van der Waals surface area (Å²) in [5.74, 6) is -1.43. The molecule has 1 aliphatic carbocycles. The zero-order valence-corrected chi connectivity index (χ0v) is 10.4. The molecule has 3 nitrogen and oxygen atoms in total. The fourth-order valence-corrected chi connectivity index (χ4v) is 2.73. The molecule has 0 bridgehead atoms. The van der Waals surface area contributed by atoms with E-state index >= 15 is 0 Å². The van der Waals surface area contributed by atoms with Crippen LogP contribution in [0.4, 0.5) is 4.39 Å². The number of benzene rings is 1. The summed E-state index contributed by atoms with van der Waals surface area (Å²) < 4.78 is 18.9. The molecule has 0 aromatic heterocycles. The lowest BCUT2D eigenvalue weighted by Crippen LogP contribution is -2.26. The molecule has 1 aromatic rings. The van der Waals surface area contributed by atoms with Crippen molar-refractivity contribution < 1.29 is 19.0 Å². The molecular weight excluding hydrogens is 235 g/mol. The highest BCUT2D eigenvalue weighted by molar-refractivity contribution is 5.71. The topological polar surface area (TPSA) is 46.5 Å². The first kappa shape index (κ1) is 12.9. The first-order valence-corrected chi connectivity index (χ1v) is 6.19. The SMILES string of the molecule is COc1ccc(C2CCCCC2C(=O)O)c(F)c1. The number of hydrogen-bond acceptors (Lipinski definition) is 2. The first-order chi connectivity index (χ1) is 8.63. The first-order valence-electron chi connectivity index (χ1n) is 6.19. The molecule has 0 heterocycles. The normalized spacial score (nSPS) is 23.7. The molecule has 98 valence electrons. The largest absolute Gasteiger partial charge is 0.497 e. The molecule has 0 spiro atoms. The Labute approximate surface area is 106 Å². The molecule has 2 rings (SSSR count). The molecule has 2 atom stereocenters. The van der Waals surface area contributed by atoms with Crippen molar-refractivity contribution in [3.8, 4) is 5.75 Å². The Morgan fingerprint density at radius 3 is 2.72 bits per heavy atom. The summed E-state index contributed by atoms with van der Waals surface area (Å²) in [5, 5.41) is 9.21. The summed E-state index contributed by atoms with van der Waals surface area (Å²) in [6.07, 6.45) is 3.23. The third kappa shape index (κ3) is 2.47. The van der Waals surface area contributed by atoms with E-state index in [0.717, 1.165) is 19.3 Å². The Bertz CT molecular complexity index is 445. The molecular formula is C14H17FO3. The van der Waals surface area contributed by atoms with E-state index in [2.05, 4.69) is 0 Å². The summed E-state index contributed by atoms with van der Waals surface area (Å²) in [5.41, 5.74) is 0.503. The molecule has 1 N–H and O–H groups in total. The number of ether oxygens (including phenoxy) is 1. The highest BCUT2D eigenvalue weighted by atomic mass is 19.1. The van der Waals surface area contributed by atoms with Crippen molar-refractivity contribution in [2.75, 3.05) is 7.11 Å². The third-order valence-electron chi connectivity index (χ3n) is 3.69. The van der Waals surface area contributed by atoms with Gasteiger partial charge in [0.2, 0.25) is 0 Å². The number of methoxy groups -OCH3 is 1. The van der Waals surface area contributed by atoms with Crippen LogP contribution in [0.15, 0.2) is 18.2 Å². The maximum atomic E-state index is 14.0. The van der Waals surface area contributed by atoms with Gasteiger partial charge in [-0.25, -0.2) is 4.39 Å². The fourth-order valence-electron chi connectivity index (χ4n) is 2.73. The molecule has 18 heavy (non-hydrogen) atoms. The Morgan fingerprint density at radius 1 is 1.39 bits per heavy atom. The maximum Gasteiger partial charge on any atom is 0.307 e. The number of aliphatic carboxylic acids is 1. The second-order valence-electron chi connectivity index (χ2n) is 4.72. The van der Waals surface area contributed by atoms with Gasteiger partial charge in [0.15, 0.2) is 0 Å². The fraction of sp³-hybridized carbons (Fsp3) is 0.500. The molecule has 0 saturated heterocycles. The van der Waals surface area contributed by atoms with E-state index in [1.807, 2.05) is 0 Å². The van der Waals surface area contributed by atoms with Crippen LogP contribution in [0.1, 0.15) is 37.2 Å². The average Bonchev–Trinajstić information content (AvgIpc) is 2.38. The Hall–Kier alpha value is -1.58. The summed E-state index contributed by atoms with van der Waals surface area (Å²) >= 11 is 0. The van der Waals surface area contributed by atoms with Gasteiger partial charge in [0, 0.05) is 12.0 Å². The zero-order chi connectivity index (χ0) is 13.1. The Balaban J connectivity index is 2.31. The van der Waals surface area contributed by atoms with Crippen molar-refractivity contribution in [1.29, 1.82) is 0 Å². The minimum Gasteiger partial charge on any atom is -0.497 e. The summed E-state index contributed by atoms with van der Waals surface area (Å²) in [6, 6.07) is 4.66. The molecule has 1 aromatic carbocycles. The van der Waals surface area contributed by atoms with Gasteiger partial charge in [-0.15, -0.1) is 0 Å². The van der Waals surface area contributed by atoms with E-state index in [0.29, 0.717) is 17.7 Å². The molecule has 0 aliphatic heterocycles. The molecule has 1 saturated carbocycles. The van der Waals surface area contributed by atoms with Crippen LogP contribution in [0.3, 0.4) is 0 Å². The number of carboxylic acid groups (broad SMARTS) is 1. The summed E-state index contributed by atoms with van der Waals surface area (Å²) in [6.45, 7) is 0. The van der Waals surface area contributed by atoms with Crippen LogP contribution in [0.5, 0.6) is 5.75 Å². The van der Waals surface area contributed by atoms with Crippen molar-refractivity contribution in [2.24, 2.45) is 5.92 Å². The number of rotatable bonds is 3. The zero-order valence-electron chi connectivity index (χ0n) is 10.4. The van der Waals surface area contributed by atoms with Gasteiger partial charge in [-0.3, -0.25) is 4.79 Å². The maximum absolute atomic E-state index is 14.0. The van der Waals surface area contributed by atoms with E-state index in [1.165, 1.54) is 13.2 Å². The predicted molar refractivity (Wildman–Crippen MR) is 65.3 cm³/mol. The van der Waals surface area contributed by atoms with E-state index in [-0.39, 0.29) is 11.7 Å². The highest BCUT2D eigenvalue weighted by Gasteiger charge is 2.33. The van der Waals surface area contributed by atoms with E-state index in [1.54, 1.807) is 12.1 Å². The minimum absolute atomic E-state index is 0.220. The highest BCUT2D eigenvalue weighted by Crippen LogP contribution is 2.39. The minimum atomic E-state index is -0.824. The molecule has 0 amide bonds. The number of halogens is 1. The molecule has 1 fully saturated rings. The molecule has 2 unspecified atom stereocenters. The molecule has 0 radical (unpaired) electrons. The van der Waals surface area contributed by atoms with Crippen molar-refractivity contribution in [3.05, 3.63) is 29.6 Å². The average molecular weight is 252 g/mol. The molecule has 4 heteroatoms. The summed E-state index contributed by atoms with van der Waals surface area (Å²) in [7, 11) is 1.48. The quantitative estimate of drug-likeness (QED) is 0.898. The van der Waals surface area contributed by atoms with Crippen molar-refractivity contribution in [1.82, 2.24) is 0 Å². The lowest BCUT2D eigenvalue weighted by molar-refractivity contribution is -0.143. The lowest BCUT2D eigenvalue weighted by Gasteiger charge is -2.29. The Kier molecular flexibility index (Phi) is 3.84. The van der Waals surface area contributed by atoms with E-state index < -0.39 is 11.9 Å². The molecule has 1 aliphatic rings. The standard InChI is InChI=1S/C14H17FO3/c1-18-9-6-7-11(13(15)8-9)10-4-2-3-5-12(10)14(16)17/h6-8,10,12H,2-5H2,1H3,(H,16,17). The van der Waals surface area contributed by atoms with Crippen LogP contribution in [-0.4, -0.2) is 18.2 Å². The van der Waals surface area contributed by atoms with Crippen LogP contribution >= 0.6 is 0 Å². The van der Waals surface area contributed by atoms with Gasteiger partial charge >= 0.3 is 5.97 Å². The smallest absolute Gasteiger partial charge is 0.307 e. The predicted octanol–water partition coefficient (Wildman–Crippen LogP) is 3.19. The van der Waals surface area contributed by atoms with Gasteiger partial charge in [-0.2, -0.15) is 0 Å². The van der Waals surface area contributed by atoms with Gasteiger partial charge in [-0.05, 0) is 24.5 Å². The number of carboxylic acids is 1. The third-order valence-corrected chi connectivity index (χ3v) is 3.69. The second-order valence-corrected chi connectivity index (χ2v) is 4.72. The van der Waals surface area contributed by atoms with Gasteiger partial charge in [0.05, 0.1) is 13.0 Å². The van der Waals surface area contributed by atoms with Crippen molar-refractivity contribution >= 4 is 5.97 Å². The van der Waals surface area contributed by atoms with Crippen molar-refractivity contribution in [2.45, 2.75) is 31.6 Å². The van der Waals surface area contributed by atoms with Crippen LogP contribution in [0.2, 0.25) is 0 Å². The number of carbonyl (C=O) groups is 1. The van der Waals surface area contributed by atoms with Gasteiger partial charge in [0.1, 0.15) is 11.6 Å². The second kappa shape index (κ2) is 5.38.